The van der Waals surface area contributed by atoms with Crippen molar-refractivity contribution in [3.63, 3.8) is 0 Å². The van der Waals surface area contributed by atoms with Crippen molar-refractivity contribution in [2.24, 2.45) is 0 Å². The Bertz CT molecular complexity index is 629. The van der Waals surface area contributed by atoms with E-state index in [1.807, 2.05) is 6.92 Å². The molecule has 2 aromatic carbocycles. The molecule has 1 N–H and O–H groups in total. The van der Waals surface area contributed by atoms with Gasteiger partial charge in [-0.3, -0.25) is 0 Å². The highest BCUT2D eigenvalue weighted by molar-refractivity contribution is 6.31. The van der Waals surface area contributed by atoms with Crippen LogP contribution in [0.3, 0.4) is 0 Å². The lowest BCUT2D eigenvalue weighted by molar-refractivity contribution is 0.449. The predicted molar refractivity (Wildman–Crippen MR) is 74.1 cm³/mol. The lowest BCUT2D eigenvalue weighted by Crippen LogP contribution is -2.12. The van der Waals surface area contributed by atoms with E-state index in [4.69, 9.17) is 11.6 Å². The largest absolute Gasteiger partial charge is 0.313 e. The summed E-state index contributed by atoms with van der Waals surface area (Å²) in [6.07, 6.45) is 0. The molecular weight excluding hydrogens is 287 g/mol. The molecule has 0 aromatic heterocycles. The Morgan fingerprint density at radius 2 is 1.80 bits per heavy atom. The quantitative estimate of drug-likeness (QED) is 0.818. The molecule has 2 aromatic rings. The van der Waals surface area contributed by atoms with Crippen molar-refractivity contribution in [2.45, 2.75) is 13.5 Å². The van der Waals surface area contributed by atoms with E-state index in [1.54, 1.807) is 18.2 Å². The summed E-state index contributed by atoms with van der Waals surface area (Å²) in [5, 5.41) is 3.65. The highest BCUT2D eigenvalue weighted by Crippen LogP contribution is 2.29. The van der Waals surface area contributed by atoms with Gasteiger partial charge in [0.1, 0.15) is 0 Å². The summed E-state index contributed by atoms with van der Waals surface area (Å²) in [7, 11) is 0. The summed E-state index contributed by atoms with van der Waals surface area (Å²) in [5.74, 6) is -3.86. The Morgan fingerprint density at radius 1 is 1.05 bits per heavy atom. The lowest BCUT2D eigenvalue weighted by Gasteiger charge is -2.10. The summed E-state index contributed by atoms with van der Waals surface area (Å²) >= 11 is 6.05. The number of benzene rings is 2. The van der Waals surface area contributed by atoms with E-state index in [-0.39, 0.29) is 5.56 Å². The monoisotopic (exact) mass is 299 g/mol. The summed E-state index contributed by atoms with van der Waals surface area (Å²) in [6, 6.07) is 6.99. The van der Waals surface area contributed by atoms with Gasteiger partial charge >= 0.3 is 0 Å². The Morgan fingerprint density at radius 3 is 2.50 bits per heavy atom. The van der Waals surface area contributed by atoms with Gasteiger partial charge in [0.15, 0.2) is 17.5 Å². The van der Waals surface area contributed by atoms with Crippen LogP contribution in [0.4, 0.5) is 13.2 Å². The summed E-state index contributed by atoms with van der Waals surface area (Å²) < 4.78 is 40.0. The Hall–Kier alpha value is -1.52. The molecule has 0 amide bonds. The van der Waals surface area contributed by atoms with E-state index in [2.05, 4.69) is 5.32 Å². The van der Waals surface area contributed by atoms with E-state index >= 15 is 0 Å². The van der Waals surface area contributed by atoms with Crippen LogP contribution in [-0.2, 0) is 6.54 Å². The average Bonchev–Trinajstić information content (AvgIpc) is 2.44. The van der Waals surface area contributed by atoms with E-state index in [0.717, 1.165) is 18.2 Å². The van der Waals surface area contributed by atoms with Crippen LogP contribution in [0, 0.1) is 17.5 Å². The van der Waals surface area contributed by atoms with Gasteiger partial charge in [0.05, 0.1) is 0 Å². The maximum absolute atomic E-state index is 13.8. The van der Waals surface area contributed by atoms with E-state index in [1.165, 1.54) is 6.07 Å². The normalized spacial score (nSPS) is 10.8. The molecule has 0 unspecified atom stereocenters. The first-order chi connectivity index (χ1) is 9.54. The minimum absolute atomic E-state index is 0.0123. The second-order valence-corrected chi connectivity index (χ2v) is 4.72. The summed E-state index contributed by atoms with van der Waals surface area (Å²) in [5.41, 5.74) is 1.24. The van der Waals surface area contributed by atoms with Crippen molar-refractivity contribution in [3.05, 3.63) is 58.4 Å². The van der Waals surface area contributed by atoms with Crippen molar-refractivity contribution >= 4 is 11.6 Å². The molecule has 0 fully saturated rings. The highest BCUT2D eigenvalue weighted by Gasteiger charge is 2.15. The van der Waals surface area contributed by atoms with Crippen LogP contribution in [-0.4, -0.2) is 6.54 Å². The lowest BCUT2D eigenvalue weighted by atomic mass is 10.0. The van der Waals surface area contributed by atoms with Gasteiger partial charge in [-0.15, -0.1) is 0 Å². The third kappa shape index (κ3) is 2.97. The maximum Gasteiger partial charge on any atom is 0.195 e. The molecule has 0 saturated heterocycles. The summed E-state index contributed by atoms with van der Waals surface area (Å²) in [6.45, 7) is 3.24. The molecular formula is C15H13ClF3N. The molecule has 106 valence electrons. The van der Waals surface area contributed by atoms with Gasteiger partial charge in [-0.2, -0.15) is 0 Å². The van der Waals surface area contributed by atoms with Gasteiger partial charge in [-0.1, -0.05) is 24.6 Å². The third-order valence-electron chi connectivity index (χ3n) is 2.96. The second-order valence-electron chi connectivity index (χ2n) is 4.31. The third-order valence-corrected chi connectivity index (χ3v) is 3.33. The minimum Gasteiger partial charge on any atom is -0.313 e. The number of hydrogen-bond acceptors (Lipinski definition) is 1. The SMILES string of the molecule is CCNCc1cc(-c2ccc(F)c(F)c2F)ccc1Cl. The van der Waals surface area contributed by atoms with Crippen LogP contribution in [0.25, 0.3) is 11.1 Å². The molecule has 0 aliphatic carbocycles. The Balaban J connectivity index is 2.45. The zero-order chi connectivity index (χ0) is 14.7. The zero-order valence-corrected chi connectivity index (χ0v) is 11.6. The molecule has 1 nitrogen and oxygen atoms in total. The molecule has 2 rings (SSSR count). The fourth-order valence-electron chi connectivity index (χ4n) is 1.89. The fraction of sp³-hybridized carbons (Fsp3) is 0.200. The molecule has 5 heteroatoms. The van der Waals surface area contributed by atoms with Gasteiger partial charge < -0.3 is 5.32 Å². The van der Waals surface area contributed by atoms with Crippen molar-refractivity contribution < 1.29 is 13.2 Å². The molecule has 20 heavy (non-hydrogen) atoms. The standard InChI is InChI=1S/C15H13ClF3N/c1-2-20-8-10-7-9(3-5-12(10)16)11-4-6-13(17)15(19)14(11)18/h3-7,20H,2,8H2,1H3. The van der Waals surface area contributed by atoms with Gasteiger partial charge in [-0.05, 0) is 41.9 Å². The number of nitrogens with one attached hydrogen (secondary N) is 1. The molecule has 0 atom stereocenters. The van der Waals surface area contributed by atoms with Crippen molar-refractivity contribution in [1.82, 2.24) is 5.32 Å². The van der Waals surface area contributed by atoms with E-state index in [0.29, 0.717) is 17.1 Å². The average molecular weight is 300 g/mol. The van der Waals surface area contributed by atoms with Gasteiger partial charge in [0.25, 0.3) is 0 Å². The van der Waals surface area contributed by atoms with Crippen LogP contribution in [0.5, 0.6) is 0 Å². The van der Waals surface area contributed by atoms with E-state index < -0.39 is 17.5 Å². The second kappa shape index (κ2) is 6.29. The number of rotatable bonds is 4. The predicted octanol–water partition coefficient (Wildman–Crippen LogP) is 4.53. The van der Waals surface area contributed by atoms with Crippen LogP contribution >= 0.6 is 11.6 Å². The maximum atomic E-state index is 13.8. The first kappa shape index (κ1) is 14.9. The minimum atomic E-state index is -1.47. The molecule has 0 aliphatic rings. The highest BCUT2D eigenvalue weighted by atomic mass is 35.5. The van der Waals surface area contributed by atoms with Crippen LogP contribution in [0.2, 0.25) is 5.02 Å². The molecule has 0 bridgehead atoms. The van der Waals surface area contributed by atoms with Crippen molar-refractivity contribution in [3.8, 4) is 11.1 Å². The van der Waals surface area contributed by atoms with Gasteiger partial charge in [-0.25, -0.2) is 13.2 Å². The fourth-order valence-corrected chi connectivity index (χ4v) is 2.07. The van der Waals surface area contributed by atoms with Crippen LogP contribution < -0.4 is 5.32 Å². The smallest absolute Gasteiger partial charge is 0.195 e. The zero-order valence-electron chi connectivity index (χ0n) is 10.8. The molecule has 0 spiro atoms. The number of halogens is 4. The van der Waals surface area contributed by atoms with Crippen molar-refractivity contribution in [2.75, 3.05) is 6.54 Å². The number of hydrogen-bond donors (Lipinski definition) is 1. The van der Waals surface area contributed by atoms with Crippen LogP contribution in [0.15, 0.2) is 30.3 Å². The Labute approximate surface area is 120 Å². The molecule has 0 saturated carbocycles. The van der Waals surface area contributed by atoms with Crippen molar-refractivity contribution in [1.29, 1.82) is 0 Å². The first-order valence-electron chi connectivity index (χ1n) is 6.17. The molecule has 0 heterocycles. The topological polar surface area (TPSA) is 12.0 Å². The van der Waals surface area contributed by atoms with Gasteiger partial charge in [0, 0.05) is 17.1 Å². The first-order valence-corrected chi connectivity index (χ1v) is 6.55. The van der Waals surface area contributed by atoms with Gasteiger partial charge in [0.2, 0.25) is 0 Å². The van der Waals surface area contributed by atoms with E-state index in [9.17, 15) is 13.2 Å². The van der Waals surface area contributed by atoms with Crippen LogP contribution in [0.1, 0.15) is 12.5 Å². The Kier molecular flexibility index (Phi) is 4.68. The molecule has 0 aliphatic heterocycles. The summed E-state index contributed by atoms with van der Waals surface area (Å²) in [4.78, 5) is 0. The molecule has 0 radical (unpaired) electrons.